The van der Waals surface area contributed by atoms with Crippen molar-refractivity contribution in [1.82, 2.24) is 9.80 Å². The Balaban J connectivity index is 1.88. The van der Waals surface area contributed by atoms with E-state index in [2.05, 4.69) is 0 Å². The van der Waals surface area contributed by atoms with Crippen molar-refractivity contribution in [3.63, 3.8) is 0 Å². The summed E-state index contributed by atoms with van der Waals surface area (Å²) in [5, 5.41) is 0. The zero-order valence-corrected chi connectivity index (χ0v) is 15.4. The van der Waals surface area contributed by atoms with E-state index in [0.717, 1.165) is 5.56 Å². The Morgan fingerprint density at radius 1 is 1.33 bits per heavy atom. The topological polar surface area (TPSA) is 49.9 Å². The molecule has 0 bridgehead atoms. The molecule has 1 amide bonds. The molecule has 0 radical (unpaired) electrons. The molecule has 24 heavy (non-hydrogen) atoms. The number of hydrogen-bond acceptors (Lipinski definition) is 6. The highest BCUT2D eigenvalue weighted by Crippen LogP contribution is 2.32. The van der Waals surface area contributed by atoms with Gasteiger partial charge in [-0.1, -0.05) is 54.3 Å². The molecular formula is C17H20N2O3S2. The molecule has 0 aromatic heterocycles. The van der Waals surface area contributed by atoms with Gasteiger partial charge in [-0.15, -0.1) is 0 Å². The van der Waals surface area contributed by atoms with E-state index in [1.165, 1.54) is 16.7 Å². The van der Waals surface area contributed by atoms with Crippen LogP contribution in [0.2, 0.25) is 0 Å². The first-order chi connectivity index (χ1) is 11.5. The second-order valence-corrected chi connectivity index (χ2v) is 7.19. The van der Waals surface area contributed by atoms with Gasteiger partial charge >= 0.3 is 5.97 Å². The van der Waals surface area contributed by atoms with Crippen LogP contribution in [0.4, 0.5) is 0 Å². The van der Waals surface area contributed by atoms with Crippen LogP contribution in [-0.2, 0) is 14.3 Å². The minimum absolute atomic E-state index is 0.137. The van der Waals surface area contributed by atoms with Crippen molar-refractivity contribution in [3.8, 4) is 0 Å². The van der Waals surface area contributed by atoms with Crippen LogP contribution >= 0.6 is 24.0 Å². The number of carbonyl (C=O) groups excluding carboxylic acids is 2. The molecule has 1 heterocycles. The monoisotopic (exact) mass is 364 g/mol. The fourth-order valence-electron chi connectivity index (χ4n) is 2.01. The summed E-state index contributed by atoms with van der Waals surface area (Å²) in [5.74, 6) is -0.479. The first-order valence-electron chi connectivity index (χ1n) is 7.58. The van der Waals surface area contributed by atoms with E-state index < -0.39 is 0 Å². The molecule has 0 atom stereocenters. The summed E-state index contributed by atoms with van der Waals surface area (Å²) in [7, 11) is 3.82. The highest BCUT2D eigenvalue weighted by Gasteiger charge is 2.32. The maximum absolute atomic E-state index is 12.4. The summed E-state index contributed by atoms with van der Waals surface area (Å²) in [4.78, 5) is 28.1. The van der Waals surface area contributed by atoms with Crippen molar-refractivity contribution < 1.29 is 14.3 Å². The van der Waals surface area contributed by atoms with Gasteiger partial charge in [0.25, 0.3) is 5.91 Å². The number of thiocarbonyl (C=S) groups is 1. The molecule has 0 spiro atoms. The maximum atomic E-state index is 12.4. The first kappa shape index (κ1) is 18.6. The molecule has 2 rings (SSSR count). The van der Waals surface area contributed by atoms with Crippen molar-refractivity contribution in [3.05, 3.63) is 40.8 Å². The van der Waals surface area contributed by atoms with E-state index >= 15 is 0 Å². The summed E-state index contributed by atoms with van der Waals surface area (Å²) in [6.07, 6.45) is 1.95. The number of carbonyl (C=O) groups is 2. The standard InChI is InChI=1S/C17H20N2O3S2/c1-18(2)10-11-22-15(20)8-9-19-16(21)14(24-17(19)23)12-13-6-4-3-5-7-13/h3-7,12H,8-11H2,1-2H3/b14-12-. The van der Waals surface area contributed by atoms with E-state index in [9.17, 15) is 9.59 Å². The second kappa shape index (κ2) is 8.96. The van der Waals surface area contributed by atoms with Crippen LogP contribution in [0.15, 0.2) is 35.2 Å². The van der Waals surface area contributed by atoms with Crippen molar-refractivity contribution >= 4 is 46.3 Å². The summed E-state index contributed by atoms with van der Waals surface area (Å²) in [6.45, 7) is 1.27. The normalized spacial score (nSPS) is 16.3. The third-order valence-corrected chi connectivity index (χ3v) is 4.69. The van der Waals surface area contributed by atoms with Gasteiger partial charge in [-0.2, -0.15) is 0 Å². The molecule has 5 nitrogen and oxygen atoms in total. The Morgan fingerprint density at radius 2 is 2.04 bits per heavy atom. The van der Waals surface area contributed by atoms with E-state index in [-0.39, 0.29) is 24.8 Å². The molecule has 0 N–H and O–H groups in total. The molecule has 1 fully saturated rings. The number of nitrogens with zero attached hydrogens (tertiary/aromatic N) is 2. The Morgan fingerprint density at radius 3 is 2.71 bits per heavy atom. The average molecular weight is 364 g/mol. The summed E-state index contributed by atoms with van der Waals surface area (Å²) < 4.78 is 5.60. The van der Waals surface area contributed by atoms with Gasteiger partial charge in [-0.05, 0) is 25.7 Å². The van der Waals surface area contributed by atoms with Crippen LogP contribution in [0.3, 0.4) is 0 Å². The molecule has 0 unspecified atom stereocenters. The molecule has 1 aliphatic heterocycles. The number of amides is 1. The van der Waals surface area contributed by atoms with Crippen molar-refractivity contribution in [1.29, 1.82) is 0 Å². The zero-order chi connectivity index (χ0) is 17.5. The highest BCUT2D eigenvalue weighted by atomic mass is 32.2. The van der Waals surface area contributed by atoms with Gasteiger partial charge in [0, 0.05) is 13.1 Å². The number of likely N-dealkylation sites (N-methyl/N-ethyl adjacent to an activating group) is 1. The zero-order valence-electron chi connectivity index (χ0n) is 13.7. The van der Waals surface area contributed by atoms with Gasteiger partial charge in [0.15, 0.2) is 0 Å². The van der Waals surface area contributed by atoms with E-state index in [0.29, 0.717) is 22.4 Å². The molecule has 0 saturated carbocycles. The average Bonchev–Trinajstić information content (AvgIpc) is 2.80. The summed E-state index contributed by atoms with van der Waals surface area (Å²) >= 11 is 6.51. The summed E-state index contributed by atoms with van der Waals surface area (Å²) in [5.41, 5.74) is 0.945. The minimum atomic E-state index is -0.321. The Kier molecular flexibility index (Phi) is 6.96. The second-order valence-electron chi connectivity index (χ2n) is 5.52. The lowest BCUT2D eigenvalue weighted by molar-refractivity contribution is -0.144. The van der Waals surface area contributed by atoms with Crippen LogP contribution < -0.4 is 0 Å². The predicted octanol–water partition coefficient (Wildman–Crippen LogP) is 2.38. The number of thioether (sulfide) groups is 1. The van der Waals surface area contributed by atoms with Gasteiger partial charge in [-0.25, -0.2) is 0 Å². The largest absolute Gasteiger partial charge is 0.464 e. The van der Waals surface area contributed by atoms with Crippen LogP contribution in [0.5, 0.6) is 0 Å². The lowest BCUT2D eigenvalue weighted by Crippen LogP contribution is -2.31. The van der Waals surface area contributed by atoms with Gasteiger partial charge < -0.3 is 9.64 Å². The number of ether oxygens (including phenoxy) is 1. The van der Waals surface area contributed by atoms with Crippen molar-refractivity contribution in [2.24, 2.45) is 0 Å². The Labute approximate surface area is 151 Å². The number of hydrogen-bond donors (Lipinski definition) is 0. The first-order valence-corrected chi connectivity index (χ1v) is 8.80. The molecule has 1 saturated heterocycles. The quantitative estimate of drug-likeness (QED) is 0.421. The number of benzene rings is 1. The maximum Gasteiger partial charge on any atom is 0.307 e. The van der Waals surface area contributed by atoms with E-state index in [4.69, 9.17) is 17.0 Å². The van der Waals surface area contributed by atoms with Crippen molar-refractivity contribution in [2.45, 2.75) is 6.42 Å². The minimum Gasteiger partial charge on any atom is -0.464 e. The van der Waals surface area contributed by atoms with Gasteiger partial charge in [-0.3, -0.25) is 14.5 Å². The highest BCUT2D eigenvalue weighted by molar-refractivity contribution is 8.26. The van der Waals surface area contributed by atoms with Gasteiger partial charge in [0.1, 0.15) is 10.9 Å². The van der Waals surface area contributed by atoms with Crippen LogP contribution in [0.25, 0.3) is 6.08 Å². The smallest absolute Gasteiger partial charge is 0.307 e. The van der Waals surface area contributed by atoms with E-state index in [1.807, 2.05) is 55.4 Å². The van der Waals surface area contributed by atoms with Crippen LogP contribution in [0, 0.1) is 0 Å². The predicted molar refractivity (Wildman–Crippen MR) is 100 cm³/mol. The van der Waals surface area contributed by atoms with Gasteiger partial charge in [0.05, 0.1) is 11.3 Å². The fourth-order valence-corrected chi connectivity index (χ4v) is 3.32. The van der Waals surface area contributed by atoms with Crippen molar-refractivity contribution in [2.75, 3.05) is 33.8 Å². The Bertz CT molecular complexity index is 644. The van der Waals surface area contributed by atoms with Crippen LogP contribution in [-0.4, -0.2) is 59.8 Å². The fraction of sp³-hybridized carbons (Fsp3) is 0.353. The Hall–Kier alpha value is -1.70. The van der Waals surface area contributed by atoms with E-state index in [1.54, 1.807) is 0 Å². The molecular weight excluding hydrogens is 344 g/mol. The molecule has 7 heteroatoms. The van der Waals surface area contributed by atoms with Gasteiger partial charge in [0.2, 0.25) is 0 Å². The molecule has 128 valence electrons. The number of rotatable bonds is 7. The molecule has 0 aliphatic carbocycles. The third kappa shape index (κ3) is 5.43. The molecule has 1 aliphatic rings. The molecule has 1 aromatic carbocycles. The molecule has 1 aromatic rings. The lowest BCUT2D eigenvalue weighted by Gasteiger charge is -2.14. The SMILES string of the molecule is CN(C)CCOC(=O)CCN1C(=O)/C(=C/c2ccccc2)SC1=S. The third-order valence-electron chi connectivity index (χ3n) is 3.31. The lowest BCUT2D eigenvalue weighted by atomic mass is 10.2. The van der Waals surface area contributed by atoms with Crippen LogP contribution in [0.1, 0.15) is 12.0 Å². The number of esters is 1. The summed E-state index contributed by atoms with van der Waals surface area (Å²) in [6, 6.07) is 9.60.